The molecule has 1 saturated heterocycles. The third-order valence-electron chi connectivity index (χ3n) is 3.65. The van der Waals surface area contributed by atoms with Crippen LogP contribution in [-0.4, -0.2) is 63.3 Å². The molecule has 0 unspecified atom stereocenters. The molecule has 2 rings (SSSR count). The van der Waals surface area contributed by atoms with E-state index in [-0.39, 0.29) is 12.6 Å². The van der Waals surface area contributed by atoms with Crippen LogP contribution in [-0.2, 0) is 11.3 Å². The fraction of sp³-hybridized carbons (Fsp3) is 0.769. The number of rotatable bonds is 5. The van der Waals surface area contributed by atoms with Gasteiger partial charge in [-0.15, -0.1) is 0 Å². The Morgan fingerprint density at radius 1 is 1.47 bits per heavy atom. The minimum Gasteiger partial charge on any atom is -0.389 e. The summed E-state index contributed by atoms with van der Waals surface area (Å²) in [5.41, 5.74) is 2.15. The molecule has 1 aromatic rings. The first-order valence-corrected chi connectivity index (χ1v) is 6.80. The van der Waals surface area contributed by atoms with Gasteiger partial charge in [0.1, 0.15) is 6.10 Å². The van der Waals surface area contributed by atoms with Crippen LogP contribution in [0, 0.1) is 6.92 Å². The summed E-state index contributed by atoms with van der Waals surface area (Å²) in [7, 11) is 0. The summed E-state index contributed by atoms with van der Waals surface area (Å²) in [6, 6.07) is -0.169. The summed E-state index contributed by atoms with van der Waals surface area (Å²) in [5.74, 6) is 0. The van der Waals surface area contributed by atoms with E-state index in [1.807, 2.05) is 13.1 Å². The Bertz CT molecular complexity index is 396. The number of aliphatic hydroxyl groups is 2. The number of ether oxygens (including phenoxy) is 1. The lowest BCUT2D eigenvalue weighted by molar-refractivity contribution is -0.134. The van der Waals surface area contributed by atoms with E-state index in [0.29, 0.717) is 13.2 Å². The molecule has 3 N–H and O–H groups in total. The largest absolute Gasteiger partial charge is 0.389 e. The minimum atomic E-state index is -0.802. The average molecular weight is 269 g/mol. The molecule has 0 spiro atoms. The highest BCUT2D eigenvalue weighted by molar-refractivity contribution is 5.14. The molecule has 0 aliphatic carbocycles. The van der Waals surface area contributed by atoms with E-state index in [1.54, 1.807) is 0 Å². The van der Waals surface area contributed by atoms with Crippen LogP contribution in [0.4, 0.5) is 0 Å². The number of H-pyrrole nitrogens is 1. The van der Waals surface area contributed by atoms with Gasteiger partial charge < -0.3 is 14.9 Å². The van der Waals surface area contributed by atoms with Gasteiger partial charge in [-0.3, -0.25) is 10.00 Å². The third-order valence-corrected chi connectivity index (χ3v) is 3.65. The second-order valence-corrected chi connectivity index (χ2v) is 5.15. The SMILES string of the molecule is CCCN(Cc1cn[nH]c1C)[C@@H]1COC[C@@H](O)[C@H]1O. The predicted molar refractivity (Wildman–Crippen MR) is 70.6 cm³/mol. The number of aromatic amines is 1. The summed E-state index contributed by atoms with van der Waals surface area (Å²) in [5, 5.41) is 26.8. The summed E-state index contributed by atoms with van der Waals surface area (Å²) in [6.45, 7) is 6.30. The van der Waals surface area contributed by atoms with Gasteiger partial charge in [0.05, 0.1) is 31.6 Å². The second kappa shape index (κ2) is 6.47. The molecule has 108 valence electrons. The summed E-state index contributed by atoms with van der Waals surface area (Å²) in [4.78, 5) is 2.16. The van der Waals surface area contributed by atoms with Crippen molar-refractivity contribution < 1.29 is 14.9 Å². The average Bonchev–Trinajstić information content (AvgIpc) is 2.78. The number of nitrogens with one attached hydrogen (secondary N) is 1. The summed E-state index contributed by atoms with van der Waals surface area (Å²) >= 11 is 0. The number of aryl methyl sites for hydroxylation is 1. The highest BCUT2D eigenvalue weighted by Gasteiger charge is 2.35. The van der Waals surface area contributed by atoms with Crippen LogP contribution >= 0.6 is 0 Å². The van der Waals surface area contributed by atoms with Gasteiger partial charge in [-0.1, -0.05) is 6.92 Å². The van der Waals surface area contributed by atoms with Crippen molar-refractivity contribution in [2.75, 3.05) is 19.8 Å². The molecule has 0 saturated carbocycles. The van der Waals surface area contributed by atoms with Crippen molar-refractivity contribution in [2.45, 2.75) is 45.1 Å². The fourth-order valence-corrected chi connectivity index (χ4v) is 2.49. The van der Waals surface area contributed by atoms with Gasteiger partial charge in [-0.2, -0.15) is 5.10 Å². The van der Waals surface area contributed by atoms with Crippen molar-refractivity contribution in [1.29, 1.82) is 0 Å². The zero-order valence-corrected chi connectivity index (χ0v) is 11.5. The normalized spacial score (nSPS) is 27.9. The first-order chi connectivity index (χ1) is 9.13. The van der Waals surface area contributed by atoms with Gasteiger partial charge in [0.25, 0.3) is 0 Å². The molecule has 0 bridgehead atoms. The van der Waals surface area contributed by atoms with Gasteiger partial charge in [0.15, 0.2) is 0 Å². The van der Waals surface area contributed by atoms with Gasteiger partial charge in [-0.05, 0) is 19.9 Å². The molecule has 1 aliphatic rings. The number of nitrogens with zero attached hydrogens (tertiary/aromatic N) is 2. The summed E-state index contributed by atoms with van der Waals surface area (Å²) in [6.07, 6.45) is 1.23. The van der Waals surface area contributed by atoms with Crippen molar-refractivity contribution >= 4 is 0 Å². The van der Waals surface area contributed by atoms with Crippen molar-refractivity contribution in [3.63, 3.8) is 0 Å². The van der Waals surface area contributed by atoms with Crippen molar-refractivity contribution in [3.8, 4) is 0 Å². The lowest BCUT2D eigenvalue weighted by Gasteiger charge is -2.39. The molecule has 3 atom stereocenters. The topological polar surface area (TPSA) is 81.6 Å². The molecule has 1 fully saturated rings. The third kappa shape index (κ3) is 3.33. The van der Waals surface area contributed by atoms with Crippen LogP contribution < -0.4 is 0 Å². The molecule has 6 heteroatoms. The highest BCUT2D eigenvalue weighted by atomic mass is 16.5. The predicted octanol–water partition coefficient (Wildman–Crippen LogP) is 0.0507. The molecule has 0 aromatic carbocycles. The molecule has 1 aromatic heterocycles. The van der Waals surface area contributed by atoms with E-state index in [0.717, 1.165) is 24.2 Å². The molecule has 19 heavy (non-hydrogen) atoms. The van der Waals surface area contributed by atoms with Crippen LogP contribution in [0.1, 0.15) is 24.6 Å². The molecule has 0 radical (unpaired) electrons. The number of hydrogen-bond acceptors (Lipinski definition) is 5. The molecule has 6 nitrogen and oxygen atoms in total. The van der Waals surface area contributed by atoms with E-state index < -0.39 is 12.2 Å². The van der Waals surface area contributed by atoms with Crippen molar-refractivity contribution in [3.05, 3.63) is 17.5 Å². The Hall–Kier alpha value is -0.950. The molecular weight excluding hydrogens is 246 g/mol. The quantitative estimate of drug-likeness (QED) is 0.704. The van der Waals surface area contributed by atoms with Crippen LogP contribution in [0.2, 0.25) is 0 Å². The Morgan fingerprint density at radius 2 is 2.26 bits per heavy atom. The number of aromatic nitrogens is 2. The zero-order valence-electron chi connectivity index (χ0n) is 11.5. The minimum absolute atomic E-state index is 0.169. The zero-order chi connectivity index (χ0) is 13.8. The van der Waals surface area contributed by atoms with E-state index in [1.165, 1.54) is 0 Å². The molecule has 0 amide bonds. The van der Waals surface area contributed by atoms with E-state index in [4.69, 9.17) is 4.74 Å². The number of aliphatic hydroxyl groups excluding tert-OH is 2. The van der Waals surface area contributed by atoms with Gasteiger partial charge in [0, 0.05) is 17.8 Å². The Morgan fingerprint density at radius 3 is 2.89 bits per heavy atom. The van der Waals surface area contributed by atoms with Crippen molar-refractivity contribution in [2.24, 2.45) is 0 Å². The van der Waals surface area contributed by atoms with Gasteiger partial charge >= 0.3 is 0 Å². The maximum atomic E-state index is 10.1. The van der Waals surface area contributed by atoms with Gasteiger partial charge in [0.2, 0.25) is 0 Å². The maximum Gasteiger partial charge on any atom is 0.105 e. The van der Waals surface area contributed by atoms with E-state index in [9.17, 15) is 10.2 Å². The molecule has 2 heterocycles. The van der Waals surface area contributed by atoms with E-state index in [2.05, 4.69) is 22.0 Å². The lowest BCUT2D eigenvalue weighted by Crippen LogP contribution is -2.55. The Labute approximate surface area is 113 Å². The van der Waals surface area contributed by atoms with E-state index >= 15 is 0 Å². The first kappa shape index (κ1) is 14.5. The lowest BCUT2D eigenvalue weighted by atomic mass is 10.0. The summed E-state index contributed by atoms with van der Waals surface area (Å²) < 4.78 is 5.37. The Balaban J connectivity index is 2.08. The van der Waals surface area contributed by atoms with Gasteiger partial charge in [-0.25, -0.2) is 0 Å². The standard InChI is InChI=1S/C13H23N3O3/c1-3-4-16(6-10-5-14-15-9(10)2)11-7-19-8-12(17)13(11)18/h5,11-13,17-18H,3-4,6-8H2,1-2H3,(H,14,15)/t11-,12-,13+/m1/s1. The van der Waals surface area contributed by atoms with Crippen LogP contribution in [0.15, 0.2) is 6.20 Å². The van der Waals surface area contributed by atoms with Crippen LogP contribution in [0.5, 0.6) is 0 Å². The monoisotopic (exact) mass is 269 g/mol. The smallest absolute Gasteiger partial charge is 0.105 e. The number of hydrogen-bond donors (Lipinski definition) is 3. The Kier molecular flexibility index (Phi) is 4.93. The van der Waals surface area contributed by atoms with Crippen molar-refractivity contribution in [1.82, 2.24) is 15.1 Å². The maximum absolute atomic E-state index is 10.1. The molecule has 1 aliphatic heterocycles. The highest BCUT2D eigenvalue weighted by Crippen LogP contribution is 2.18. The molecular formula is C13H23N3O3. The fourth-order valence-electron chi connectivity index (χ4n) is 2.49. The van der Waals surface area contributed by atoms with Crippen LogP contribution in [0.3, 0.4) is 0 Å². The van der Waals surface area contributed by atoms with Crippen LogP contribution in [0.25, 0.3) is 0 Å². The second-order valence-electron chi connectivity index (χ2n) is 5.15. The first-order valence-electron chi connectivity index (χ1n) is 6.80.